The lowest BCUT2D eigenvalue weighted by Crippen LogP contribution is -2.27. The standard InChI is InChI=1S/C12H18ClN/c1-3-10(2)14-9-8-11-4-6-12(13)7-5-11/h4-7,10,14H,3,8-9H2,1-2H3/t10-/m0/s1. The second-order valence-corrected chi connectivity index (χ2v) is 4.08. The molecule has 78 valence electrons. The predicted octanol–water partition coefficient (Wildman–Crippen LogP) is 3.27. The fourth-order valence-corrected chi connectivity index (χ4v) is 1.38. The van der Waals surface area contributed by atoms with E-state index in [0.717, 1.165) is 18.0 Å². The molecule has 1 aromatic carbocycles. The monoisotopic (exact) mass is 211 g/mol. The SMILES string of the molecule is CC[C@H](C)NCCc1ccc(Cl)cc1. The smallest absolute Gasteiger partial charge is 0.0406 e. The zero-order chi connectivity index (χ0) is 10.4. The molecule has 0 spiro atoms. The summed E-state index contributed by atoms with van der Waals surface area (Å²) in [5.41, 5.74) is 1.34. The lowest BCUT2D eigenvalue weighted by molar-refractivity contribution is 0.537. The largest absolute Gasteiger partial charge is 0.314 e. The molecule has 0 radical (unpaired) electrons. The van der Waals surface area contributed by atoms with E-state index in [9.17, 15) is 0 Å². The van der Waals surface area contributed by atoms with Crippen LogP contribution in [0.25, 0.3) is 0 Å². The Morgan fingerprint density at radius 3 is 2.50 bits per heavy atom. The minimum Gasteiger partial charge on any atom is -0.314 e. The van der Waals surface area contributed by atoms with Crippen LogP contribution in [0, 0.1) is 0 Å². The zero-order valence-corrected chi connectivity index (χ0v) is 9.64. The van der Waals surface area contributed by atoms with E-state index in [1.165, 1.54) is 12.0 Å². The first-order valence-electron chi connectivity index (χ1n) is 5.20. The van der Waals surface area contributed by atoms with Gasteiger partial charge in [-0.1, -0.05) is 30.7 Å². The van der Waals surface area contributed by atoms with E-state index >= 15 is 0 Å². The fraction of sp³-hybridized carbons (Fsp3) is 0.500. The van der Waals surface area contributed by atoms with Crippen molar-refractivity contribution in [1.29, 1.82) is 0 Å². The molecule has 0 heterocycles. The van der Waals surface area contributed by atoms with Crippen LogP contribution in [-0.4, -0.2) is 12.6 Å². The Morgan fingerprint density at radius 2 is 1.93 bits per heavy atom. The third-order valence-corrected chi connectivity index (χ3v) is 2.68. The molecule has 1 nitrogen and oxygen atoms in total. The van der Waals surface area contributed by atoms with Gasteiger partial charge >= 0.3 is 0 Å². The molecule has 1 N–H and O–H groups in total. The first-order valence-corrected chi connectivity index (χ1v) is 5.58. The summed E-state index contributed by atoms with van der Waals surface area (Å²) in [5.74, 6) is 0. The quantitative estimate of drug-likeness (QED) is 0.789. The van der Waals surface area contributed by atoms with Gasteiger partial charge in [0.05, 0.1) is 0 Å². The molecule has 0 aliphatic heterocycles. The van der Waals surface area contributed by atoms with Gasteiger partial charge in [-0.05, 0) is 44.0 Å². The number of benzene rings is 1. The molecule has 0 unspecified atom stereocenters. The number of rotatable bonds is 5. The number of nitrogens with one attached hydrogen (secondary N) is 1. The Labute approximate surface area is 91.5 Å². The Bertz CT molecular complexity index is 256. The van der Waals surface area contributed by atoms with E-state index in [2.05, 4.69) is 31.3 Å². The van der Waals surface area contributed by atoms with Crippen LogP contribution in [0.1, 0.15) is 25.8 Å². The molecular weight excluding hydrogens is 194 g/mol. The second-order valence-electron chi connectivity index (χ2n) is 3.64. The highest BCUT2D eigenvalue weighted by atomic mass is 35.5. The fourth-order valence-electron chi connectivity index (χ4n) is 1.26. The molecule has 0 saturated heterocycles. The summed E-state index contributed by atoms with van der Waals surface area (Å²) < 4.78 is 0. The normalized spacial score (nSPS) is 12.8. The molecule has 1 aromatic rings. The Hall–Kier alpha value is -0.530. The van der Waals surface area contributed by atoms with Crippen molar-refractivity contribution in [3.63, 3.8) is 0 Å². The average Bonchev–Trinajstić information content (AvgIpc) is 2.21. The summed E-state index contributed by atoms with van der Waals surface area (Å²) in [6, 6.07) is 8.67. The molecule has 1 rings (SSSR count). The van der Waals surface area contributed by atoms with Crippen molar-refractivity contribution in [3.05, 3.63) is 34.9 Å². The maximum Gasteiger partial charge on any atom is 0.0406 e. The van der Waals surface area contributed by atoms with Crippen molar-refractivity contribution in [2.75, 3.05) is 6.54 Å². The summed E-state index contributed by atoms with van der Waals surface area (Å²) in [6.07, 6.45) is 2.25. The van der Waals surface area contributed by atoms with Gasteiger partial charge in [-0.25, -0.2) is 0 Å². The second kappa shape index (κ2) is 6.05. The molecule has 0 amide bonds. The molecule has 0 saturated carbocycles. The van der Waals surface area contributed by atoms with Crippen molar-refractivity contribution >= 4 is 11.6 Å². The van der Waals surface area contributed by atoms with E-state index in [1.54, 1.807) is 0 Å². The van der Waals surface area contributed by atoms with Crippen LogP contribution >= 0.6 is 11.6 Å². The first kappa shape index (κ1) is 11.5. The van der Waals surface area contributed by atoms with Gasteiger partial charge < -0.3 is 5.32 Å². The molecule has 0 bridgehead atoms. The molecule has 2 heteroatoms. The van der Waals surface area contributed by atoms with Crippen LogP contribution in [0.2, 0.25) is 5.02 Å². The highest BCUT2D eigenvalue weighted by Crippen LogP contribution is 2.09. The Balaban J connectivity index is 2.28. The Morgan fingerprint density at radius 1 is 1.29 bits per heavy atom. The van der Waals surface area contributed by atoms with Gasteiger partial charge in [-0.3, -0.25) is 0 Å². The van der Waals surface area contributed by atoms with Crippen molar-refractivity contribution in [1.82, 2.24) is 5.32 Å². The predicted molar refractivity (Wildman–Crippen MR) is 62.9 cm³/mol. The third-order valence-electron chi connectivity index (χ3n) is 2.43. The third kappa shape index (κ3) is 4.12. The summed E-state index contributed by atoms with van der Waals surface area (Å²) in [5, 5.41) is 4.27. The maximum atomic E-state index is 5.80. The van der Waals surface area contributed by atoms with Gasteiger partial charge in [0.25, 0.3) is 0 Å². The Kier molecular flexibility index (Phi) is 4.99. The van der Waals surface area contributed by atoms with Gasteiger partial charge in [0.1, 0.15) is 0 Å². The topological polar surface area (TPSA) is 12.0 Å². The van der Waals surface area contributed by atoms with Crippen molar-refractivity contribution in [2.24, 2.45) is 0 Å². The van der Waals surface area contributed by atoms with E-state index in [0.29, 0.717) is 6.04 Å². The van der Waals surface area contributed by atoms with Crippen molar-refractivity contribution < 1.29 is 0 Å². The van der Waals surface area contributed by atoms with Gasteiger partial charge in [0, 0.05) is 11.1 Å². The molecule has 0 aromatic heterocycles. The molecule has 14 heavy (non-hydrogen) atoms. The van der Waals surface area contributed by atoms with E-state index in [-0.39, 0.29) is 0 Å². The summed E-state index contributed by atoms with van der Waals surface area (Å²) in [4.78, 5) is 0. The van der Waals surface area contributed by atoms with Crippen LogP contribution in [0.3, 0.4) is 0 Å². The van der Waals surface area contributed by atoms with Crippen LogP contribution in [-0.2, 0) is 6.42 Å². The van der Waals surface area contributed by atoms with Crippen LogP contribution in [0.15, 0.2) is 24.3 Å². The number of hydrogen-bond acceptors (Lipinski definition) is 1. The number of hydrogen-bond donors (Lipinski definition) is 1. The molecular formula is C12H18ClN. The van der Waals surface area contributed by atoms with E-state index in [1.807, 2.05) is 12.1 Å². The van der Waals surface area contributed by atoms with Crippen LogP contribution in [0.5, 0.6) is 0 Å². The van der Waals surface area contributed by atoms with E-state index < -0.39 is 0 Å². The average molecular weight is 212 g/mol. The first-order chi connectivity index (χ1) is 6.72. The van der Waals surface area contributed by atoms with Crippen LogP contribution in [0.4, 0.5) is 0 Å². The van der Waals surface area contributed by atoms with Gasteiger partial charge in [-0.2, -0.15) is 0 Å². The van der Waals surface area contributed by atoms with Crippen LogP contribution < -0.4 is 5.32 Å². The summed E-state index contributed by atoms with van der Waals surface area (Å²) in [6.45, 7) is 5.44. The van der Waals surface area contributed by atoms with Crippen molar-refractivity contribution in [3.8, 4) is 0 Å². The highest BCUT2D eigenvalue weighted by molar-refractivity contribution is 6.30. The number of halogens is 1. The van der Waals surface area contributed by atoms with Gasteiger partial charge in [0.15, 0.2) is 0 Å². The molecule has 0 aliphatic rings. The summed E-state index contributed by atoms with van der Waals surface area (Å²) in [7, 11) is 0. The van der Waals surface area contributed by atoms with Crippen molar-refractivity contribution in [2.45, 2.75) is 32.7 Å². The maximum absolute atomic E-state index is 5.80. The summed E-state index contributed by atoms with van der Waals surface area (Å²) >= 11 is 5.80. The highest BCUT2D eigenvalue weighted by Gasteiger charge is 1.97. The lowest BCUT2D eigenvalue weighted by Gasteiger charge is -2.10. The molecule has 1 atom stereocenters. The van der Waals surface area contributed by atoms with Gasteiger partial charge in [-0.15, -0.1) is 0 Å². The van der Waals surface area contributed by atoms with E-state index in [4.69, 9.17) is 11.6 Å². The zero-order valence-electron chi connectivity index (χ0n) is 8.89. The lowest BCUT2D eigenvalue weighted by atomic mass is 10.1. The molecule has 0 aliphatic carbocycles. The van der Waals surface area contributed by atoms with Gasteiger partial charge in [0.2, 0.25) is 0 Å². The minimum atomic E-state index is 0.613. The minimum absolute atomic E-state index is 0.613. The molecule has 0 fully saturated rings.